The summed E-state index contributed by atoms with van der Waals surface area (Å²) in [7, 11) is 0. The number of aliphatic hydroxyl groups excluding tert-OH is 1. The van der Waals surface area contributed by atoms with Gasteiger partial charge in [-0.2, -0.15) is 0 Å². The lowest BCUT2D eigenvalue weighted by molar-refractivity contribution is 0.128. The molecule has 21 heavy (non-hydrogen) atoms. The lowest BCUT2D eigenvalue weighted by Crippen LogP contribution is -2.47. The van der Waals surface area contributed by atoms with Crippen LogP contribution in [0.25, 0.3) is 0 Å². The number of hydrogen-bond acceptors (Lipinski definition) is 5. The normalized spacial score (nSPS) is 22.7. The Morgan fingerprint density at radius 1 is 1.19 bits per heavy atom. The summed E-state index contributed by atoms with van der Waals surface area (Å²) < 4.78 is 0. The summed E-state index contributed by atoms with van der Waals surface area (Å²) >= 11 is 5.89. The SMILES string of the molecule is Nc1c(N2CCC(O)CC2c2ccc(Cl)cc2)c(=O)c1=O. The molecule has 0 aromatic heterocycles. The maximum absolute atomic E-state index is 11.8. The third-order valence-corrected chi connectivity index (χ3v) is 4.29. The van der Waals surface area contributed by atoms with Gasteiger partial charge in [0.25, 0.3) is 10.9 Å². The van der Waals surface area contributed by atoms with Gasteiger partial charge in [0, 0.05) is 11.6 Å². The second kappa shape index (κ2) is 5.16. The highest BCUT2D eigenvalue weighted by atomic mass is 35.5. The highest BCUT2D eigenvalue weighted by molar-refractivity contribution is 6.30. The number of benzene rings is 1. The summed E-state index contributed by atoms with van der Waals surface area (Å²) in [5.41, 5.74) is 5.76. The Kier molecular flexibility index (Phi) is 3.47. The van der Waals surface area contributed by atoms with E-state index in [2.05, 4.69) is 0 Å². The summed E-state index contributed by atoms with van der Waals surface area (Å²) in [6, 6.07) is 7.07. The summed E-state index contributed by atoms with van der Waals surface area (Å²) in [5, 5.41) is 10.5. The largest absolute Gasteiger partial charge is 0.394 e. The highest BCUT2D eigenvalue weighted by Gasteiger charge is 2.34. The van der Waals surface area contributed by atoms with Crippen molar-refractivity contribution >= 4 is 23.0 Å². The maximum Gasteiger partial charge on any atom is 0.253 e. The molecule has 0 bridgehead atoms. The van der Waals surface area contributed by atoms with E-state index >= 15 is 0 Å². The molecular formula is C15H15ClN2O3. The average molecular weight is 307 g/mol. The number of nitrogens with zero attached hydrogens (tertiary/aromatic N) is 1. The Labute approximate surface area is 126 Å². The Balaban J connectivity index is 2.00. The van der Waals surface area contributed by atoms with E-state index in [1.54, 1.807) is 12.1 Å². The van der Waals surface area contributed by atoms with Gasteiger partial charge in [0.1, 0.15) is 11.4 Å². The van der Waals surface area contributed by atoms with E-state index in [0.29, 0.717) is 24.4 Å². The number of halogens is 1. The molecule has 3 rings (SSSR count). The van der Waals surface area contributed by atoms with E-state index in [9.17, 15) is 14.7 Å². The monoisotopic (exact) mass is 306 g/mol. The summed E-state index contributed by atoms with van der Waals surface area (Å²) in [6.07, 6.45) is 0.594. The van der Waals surface area contributed by atoms with Crippen LogP contribution in [0.4, 0.5) is 11.4 Å². The van der Waals surface area contributed by atoms with E-state index in [0.717, 1.165) is 5.56 Å². The van der Waals surface area contributed by atoms with Crippen LogP contribution in [0.2, 0.25) is 5.02 Å². The van der Waals surface area contributed by atoms with Crippen LogP contribution in [-0.4, -0.2) is 17.8 Å². The molecule has 2 aromatic rings. The Hall–Kier alpha value is -1.85. The molecule has 1 fully saturated rings. The van der Waals surface area contributed by atoms with Crippen molar-refractivity contribution in [3.63, 3.8) is 0 Å². The molecule has 1 saturated heterocycles. The molecule has 1 heterocycles. The number of nitrogen functional groups attached to an aromatic ring is 1. The average Bonchev–Trinajstić information content (AvgIpc) is 2.49. The van der Waals surface area contributed by atoms with Crippen molar-refractivity contribution in [2.24, 2.45) is 0 Å². The zero-order chi connectivity index (χ0) is 15.1. The molecule has 1 aliphatic heterocycles. The van der Waals surface area contributed by atoms with Crippen molar-refractivity contribution in [2.75, 3.05) is 17.2 Å². The molecule has 2 unspecified atom stereocenters. The van der Waals surface area contributed by atoms with Gasteiger partial charge in [-0.15, -0.1) is 0 Å². The molecule has 0 saturated carbocycles. The third-order valence-electron chi connectivity index (χ3n) is 4.04. The minimum Gasteiger partial charge on any atom is -0.394 e. The van der Waals surface area contributed by atoms with Crippen LogP contribution in [0.15, 0.2) is 33.9 Å². The number of hydrogen-bond donors (Lipinski definition) is 2. The Morgan fingerprint density at radius 2 is 1.86 bits per heavy atom. The number of rotatable bonds is 2. The predicted molar refractivity (Wildman–Crippen MR) is 82.5 cm³/mol. The van der Waals surface area contributed by atoms with Gasteiger partial charge in [-0.3, -0.25) is 9.59 Å². The molecule has 0 radical (unpaired) electrons. The summed E-state index contributed by atoms with van der Waals surface area (Å²) in [6.45, 7) is 0.490. The topological polar surface area (TPSA) is 83.6 Å². The van der Waals surface area contributed by atoms with Gasteiger partial charge in [-0.25, -0.2) is 0 Å². The van der Waals surface area contributed by atoms with E-state index in [4.69, 9.17) is 17.3 Å². The molecule has 2 atom stereocenters. The molecule has 1 aliphatic rings. The van der Waals surface area contributed by atoms with Crippen molar-refractivity contribution < 1.29 is 5.11 Å². The molecule has 0 spiro atoms. The molecule has 0 amide bonds. The van der Waals surface area contributed by atoms with Crippen LogP contribution in [-0.2, 0) is 0 Å². The molecule has 0 aliphatic carbocycles. The molecule has 6 heteroatoms. The Morgan fingerprint density at radius 3 is 2.48 bits per heavy atom. The molecule has 3 N–H and O–H groups in total. The van der Waals surface area contributed by atoms with Gasteiger partial charge in [0.2, 0.25) is 0 Å². The standard InChI is InChI=1S/C15H15ClN2O3/c16-9-3-1-8(2-4-9)11-7-10(19)5-6-18(11)13-12(17)14(20)15(13)21/h1-4,10-11,19H,5-7,17H2. The second-order valence-electron chi connectivity index (χ2n) is 5.36. The van der Waals surface area contributed by atoms with Gasteiger partial charge < -0.3 is 15.7 Å². The predicted octanol–water partition coefficient (Wildman–Crippen LogP) is 1.22. The fourth-order valence-electron chi connectivity index (χ4n) is 2.90. The number of nitrogens with two attached hydrogens (primary N) is 1. The lowest BCUT2D eigenvalue weighted by atomic mass is 9.92. The molecular weight excluding hydrogens is 292 g/mol. The van der Waals surface area contributed by atoms with Crippen LogP contribution in [0.5, 0.6) is 0 Å². The van der Waals surface area contributed by atoms with Crippen molar-refractivity contribution in [3.05, 3.63) is 55.3 Å². The van der Waals surface area contributed by atoms with E-state index in [-0.39, 0.29) is 17.4 Å². The van der Waals surface area contributed by atoms with Crippen molar-refractivity contribution in [3.8, 4) is 0 Å². The number of aliphatic hydroxyl groups is 1. The van der Waals surface area contributed by atoms with Crippen molar-refractivity contribution in [1.82, 2.24) is 0 Å². The van der Waals surface area contributed by atoms with Gasteiger partial charge in [-0.05, 0) is 30.5 Å². The first-order valence-electron chi connectivity index (χ1n) is 6.78. The van der Waals surface area contributed by atoms with Crippen LogP contribution in [0, 0.1) is 0 Å². The van der Waals surface area contributed by atoms with E-state index < -0.39 is 17.0 Å². The number of anilines is 2. The van der Waals surface area contributed by atoms with E-state index in [1.807, 2.05) is 17.0 Å². The van der Waals surface area contributed by atoms with Gasteiger partial charge >= 0.3 is 0 Å². The Bertz CT molecular complexity index is 734. The van der Waals surface area contributed by atoms with Crippen LogP contribution < -0.4 is 21.5 Å². The smallest absolute Gasteiger partial charge is 0.253 e. The van der Waals surface area contributed by atoms with Crippen LogP contribution in [0.3, 0.4) is 0 Å². The number of piperidine rings is 1. The fourth-order valence-corrected chi connectivity index (χ4v) is 3.02. The van der Waals surface area contributed by atoms with Crippen molar-refractivity contribution in [2.45, 2.75) is 25.0 Å². The van der Waals surface area contributed by atoms with Crippen LogP contribution in [0.1, 0.15) is 24.4 Å². The van der Waals surface area contributed by atoms with E-state index in [1.165, 1.54) is 0 Å². The zero-order valence-corrected chi connectivity index (χ0v) is 12.0. The first-order chi connectivity index (χ1) is 9.99. The van der Waals surface area contributed by atoms with Gasteiger partial charge in [-0.1, -0.05) is 23.7 Å². The minimum atomic E-state index is -0.619. The fraction of sp³-hybridized carbons (Fsp3) is 0.333. The minimum absolute atomic E-state index is 0.0235. The quantitative estimate of drug-likeness (QED) is 0.815. The van der Waals surface area contributed by atoms with Gasteiger partial charge in [0.05, 0.1) is 12.1 Å². The first kappa shape index (κ1) is 14.1. The highest BCUT2D eigenvalue weighted by Crippen LogP contribution is 2.36. The second-order valence-corrected chi connectivity index (χ2v) is 5.80. The molecule has 110 valence electrons. The summed E-state index contributed by atoms with van der Waals surface area (Å²) in [4.78, 5) is 24.9. The van der Waals surface area contributed by atoms with Crippen LogP contribution >= 0.6 is 11.6 Å². The van der Waals surface area contributed by atoms with Gasteiger partial charge in [0.15, 0.2) is 0 Å². The zero-order valence-electron chi connectivity index (χ0n) is 11.3. The molecule has 2 aromatic carbocycles. The molecule has 5 nitrogen and oxygen atoms in total. The first-order valence-corrected chi connectivity index (χ1v) is 7.15. The van der Waals surface area contributed by atoms with Crippen molar-refractivity contribution in [1.29, 1.82) is 0 Å². The third kappa shape index (κ3) is 2.32. The maximum atomic E-state index is 11.8. The lowest BCUT2D eigenvalue weighted by Gasteiger charge is -2.40. The summed E-state index contributed by atoms with van der Waals surface area (Å²) in [5.74, 6) is 0.